The highest BCUT2D eigenvalue weighted by atomic mass is 16.6. The minimum absolute atomic E-state index is 0.0558. The highest BCUT2D eigenvalue weighted by Crippen LogP contribution is 2.42. The minimum atomic E-state index is -0.446. The van der Waals surface area contributed by atoms with Gasteiger partial charge in [0.15, 0.2) is 6.61 Å². The molecule has 1 atom stereocenters. The lowest BCUT2D eigenvalue weighted by Crippen LogP contribution is -2.49. The van der Waals surface area contributed by atoms with E-state index >= 15 is 0 Å². The average Bonchev–Trinajstić information content (AvgIpc) is 2.94. The van der Waals surface area contributed by atoms with Gasteiger partial charge in [-0.3, -0.25) is 9.69 Å². The number of aryl methyl sites for hydroxylation is 1. The van der Waals surface area contributed by atoms with Gasteiger partial charge in [-0.2, -0.15) is 0 Å². The van der Waals surface area contributed by atoms with Crippen LogP contribution in [-0.4, -0.2) is 25.6 Å². The Kier molecular flexibility index (Phi) is 6.90. The van der Waals surface area contributed by atoms with Crippen molar-refractivity contribution in [2.45, 2.75) is 19.6 Å². The molecule has 0 spiro atoms. The highest BCUT2D eigenvalue weighted by Gasteiger charge is 2.39. The number of fused-ring (bicyclic) bond motifs is 1. The summed E-state index contributed by atoms with van der Waals surface area (Å²) in [5, 5.41) is 0. The van der Waals surface area contributed by atoms with Crippen LogP contribution in [0.1, 0.15) is 33.2 Å². The van der Waals surface area contributed by atoms with Crippen LogP contribution in [0.2, 0.25) is 0 Å². The zero-order valence-corrected chi connectivity index (χ0v) is 20.8. The second kappa shape index (κ2) is 10.6. The van der Waals surface area contributed by atoms with Gasteiger partial charge in [-0.1, -0.05) is 72.3 Å². The SMILES string of the molecule is COC(=O)COc1ccc([C@H]2N(Cc3ccccc3)c3ccccc3C(=O)N2c2ccc(C)cc2)cc1. The largest absolute Gasteiger partial charge is 0.482 e. The molecule has 37 heavy (non-hydrogen) atoms. The average molecular weight is 493 g/mol. The molecule has 0 unspecified atom stereocenters. The first-order valence-corrected chi connectivity index (χ1v) is 12.1. The Morgan fingerprint density at radius 1 is 0.838 bits per heavy atom. The topological polar surface area (TPSA) is 59.1 Å². The molecule has 0 bridgehead atoms. The van der Waals surface area contributed by atoms with E-state index in [-0.39, 0.29) is 12.5 Å². The number of rotatable bonds is 7. The van der Waals surface area contributed by atoms with Crippen molar-refractivity contribution in [2.24, 2.45) is 0 Å². The monoisotopic (exact) mass is 492 g/mol. The number of amides is 1. The Labute approximate surface area is 216 Å². The van der Waals surface area contributed by atoms with E-state index in [9.17, 15) is 9.59 Å². The number of hydrogen-bond acceptors (Lipinski definition) is 5. The molecular formula is C31H28N2O4. The molecule has 5 rings (SSSR count). The second-order valence-corrected chi connectivity index (χ2v) is 8.95. The van der Waals surface area contributed by atoms with Crippen LogP contribution in [0.15, 0.2) is 103 Å². The third-order valence-electron chi connectivity index (χ3n) is 6.47. The molecule has 6 nitrogen and oxygen atoms in total. The predicted octanol–water partition coefficient (Wildman–Crippen LogP) is 5.91. The number of carbonyl (C=O) groups excluding carboxylic acids is 2. The molecule has 1 aliphatic heterocycles. The summed E-state index contributed by atoms with van der Waals surface area (Å²) in [6.45, 7) is 2.48. The van der Waals surface area contributed by atoms with E-state index in [2.05, 4.69) is 21.8 Å². The molecule has 0 saturated carbocycles. The van der Waals surface area contributed by atoms with Gasteiger partial charge in [0.25, 0.3) is 5.91 Å². The van der Waals surface area contributed by atoms with Gasteiger partial charge in [0.1, 0.15) is 11.9 Å². The van der Waals surface area contributed by atoms with Gasteiger partial charge >= 0.3 is 5.97 Å². The number of benzene rings is 4. The molecule has 0 saturated heterocycles. The van der Waals surface area contributed by atoms with Crippen LogP contribution in [0.4, 0.5) is 11.4 Å². The summed E-state index contributed by atoms with van der Waals surface area (Å²) in [5.41, 5.74) is 5.55. The lowest BCUT2D eigenvalue weighted by atomic mass is 9.99. The van der Waals surface area contributed by atoms with Gasteiger partial charge in [-0.25, -0.2) is 4.79 Å². The summed E-state index contributed by atoms with van der Waals surface area (Å²) < 4.78 is 10.2. The molecule has 4 aromatic carbocycles. The van der Waals surface area contributed by atoms with Crippen molar-refractivity contribution in [3.8, 4) is 5.75 Å². The summed E-state index contributed by atoms with van der Waals surface area (Å²) in [4.78, 5) is 29.6. The molecule has 0 radical (unpaired) electrons. The van der Waals surface area contributed by atoms with Crippen LogP contribution in [-0.2, 0) is 16.1 Å². The van der Waals surface area contributed by atoms with Crippen LogP contribution < -0.4 is 14.5 Å². The number of para-hydroxylation sites is 1. The van der Waals surface area contributed by atoms with Crippen LogP contribution in [0, 0.1) is 6.92 Å². The van der Waals surface area contributed by atoms with Crippen LogP contribution in [0.5, 0.6) is 5.75 Å². The number of ether oxygens (including phenoxy) is 2. The van der Waals surface area contributed by atoms with E-state index < -0.39 is 12.1 Å². The van der Waals surface area contributed by atoms with E-state index in [1.165, 1.54) is 7.11 Å². The third-order valence-corrected chi connectivity index (χ3v) is 6.47. The fourth-order valence-corrected chi connectivity index (χ4v) is 4.60. The maximum atomic E-state index is 14.0. The van der Waals surface area contributed by atoms with E-state index in [0.717, 1.165) is 28.1 Å². The molecule has 0 aromatic heterocycles. The molecule has 1 aliphatic rings. The van der Waals surface area contributed by atoms with Crippen molar-refractivity contribution in [2.75, 3.05) is 23.5 Å². The summed E-state index contributed by atoms with van der Waals surface area (Å²) in [5.74, 6) is 0.0473. The summed E-state index contributed by atoms with van der Waals surface area (Å²) >= 11 is 0. The van der Waals surface area contributed by atoms with Crippen molar-refractivity contribution in [1.29, 1.82) is 0 Å². The normalized spacial score (nSPS) is 14.8. The van der Waals surface area contributed by atoms with Gasteiger partial charge in [0, 0.05) is 12.2 Å². The highest BCUT2D eigenvalue weighted by molar-refractivity contribution is 6.12. The summed E-state index contributed by atoms with van der Waals surface area (Å²) in [7, 11) is 1.33. The molecule has 4 aromatic rings. The Balaban J connectivity index is 1.61. The van der Waals surface area contributed by atoms with Crippen LogP contribution >= 0.6 is 0 Å². The van der Waals surface area contributed by atoms with Crippen molar-refractivity contribution >= 4 is 23.3 Å². The number of hydrogen-bond donors (Lipinski definition) is 0. The minimum Gasteiger partial charge on any atom is -0.482 e. The van der Waals surface area contributed by atoms with Crippen molar-refractivity contribution in [1.82, 2.24) is 0 Å². The van der Waals surface area contributed by atoms with E-state index in [1.807, 2.05) is 103 Å². The predicted molar refractivity (Wildman–Crippen MR) is 144 cm³/mol. The Morgan fingerprint density at radius 3 is 2.22 bits per heavy atom. The van der Waals surface area contributed by atoms with Gasteiger partial charge in [0.2, 0.25) is 0 Å². The first-order valence-electron chi connectivity index (χ1n) is 12.1. The molecule has 0 N–H and O–H groups in total. The van der Waals surface area contributed by atoms with Crippen LogP contribution in [0.3, 0.4) is 0 Å². The van der Waals surface area contributed by atoms with E-state index in [4.69, 9.17) is 4.74 Å². The van der Waals surface area contributed by atoms with Crippen molar-refractivity contribution in [3.63, 3.8) is 0 Å². The zero-order valence-electron chi connectivity index (χ0n) is 20.8. The van der Waals surface area contributed by atoms with Crippen molar-refractivity contribution in [3.05, 3.63) is 125 Å². The summed E-state index contributed by atoms with van der Waals surface area (Å²) in [6.07, 6.45) is -0.403. The Morgan fingerprint density at radius 2 is 1.51 bits per heavy atom. The number of nitrogens with zero attached hydrogens (tertiary/aromatic N) is 2. The Hall–Kier alpha value is -4.58. The molecule has 1 heterocycles. The second-order valence-electron chi connectivity index (χ2n) is 8.95. The molecule has 0 fully saturated rings. The molecule has 6 heteroatoms. The number of carbonyl (C=O) groups is 2. The third kappa shape index (κ3) is 5.05. The van der Waals surface area contributed by atoms with E-state index in [1.54, 1.807) is 0 Å². The van der Waals surface area contributed by atoms with Gasteiger partial charge < -0.3 is 14.4 Å². The maximum Gasteiger partial charge on any atom is 0.343 e. The number of anilines is 2. The van der Waals surface area contributed by atoms with Gasteiger partial charge in [-0.05, 0) is 54.4 Å². The lowest BCUT2D eigenvalue weighted by molar-refractivity contribution is -0.142. The lowest BCUT2D eigenvalue weighted by Gasteiger charge is -2.46. The quantitative estimate of drug-likeness (QED) is 0.300. The number of esters is 1. The van der Waals surface area contributed by atoms with Gasteiger partial charge in [0.05, 0.1) is 18.4 Å². The molecular weight excluding hydrogens is 464 g/mol. The molecule has 0 aliphatic carbocycles. The Bertz CT molecular complexity index is 1390. The zero-order chi connectivity index (χ0) is 25.8. The molecule has 1 amide bonds. The van der Waals surface area contributed by atoms with E-state index in [0.29, 0.717) is 17.9 Å². The van der Waals surface area contributed by atoms with Gasteiger partial charge in [-0.15, -0.1) is 0 Å². The van der Waals surface area contributed by atoms with Crippen molar-refractivity contribution < 1.29 is 19.1 Å². The van der Waals surface area contributed by atoms with Crippen LogP contribution in [0.25, 0.3) is 0 Å². The first kappa shape index (κ1) is 24.1. The fourth-order valence-electron chi connectivity index (χ4n) is 4.60. The standard InChI is InChI=1S/C31H28N2O4/c1-22-12-16-25(17-13-22)33-30(24-14-18-26(19-15-24)37-21-29(34)36-2)32(20-23-8-4-3-5-9-23)28-11-7-6-10-27(28)31(33)35/h3-19,30H,20-21H2,1-2H3/t30-/m0/s1. The smallest absolute Gasteiger partial charge is 0.343 e. The maximum absolute atomic E-state index is 14.0. The molecule has 186 valence electrons. The fraction of sp³-hybridized carbons (Fsp3) is 0.161. The summed E-state index contributed by atoms with van der Waals surface area (Å²) in [6, 6.07) is 33.5. The first-order chi connectivity index (χ1) is 18.0. The number of methoxy groups -OCH3 is 1.